The molecule has 1 fully saturated rings. The zero-order valence-electron chi connectivity index (χ0n) is 10.9. The van der Waals surface area contributed by atoms with Gasteiger partial charge in [0.2, 0.25) is 0 Å². The number of hydrogen-bond acceptors (Lipinski definition) is 1. The molecule has 4 N–H and O–H groups in total. The maximum Gasteiger partial charge on any atom is 0.186 e. The Morgan fingerprint density at radius 1 is 0.706 bits per heavy atom. The summed E-state index contributed by atoms with van der Waals surface area (Å²) in [5.74, 6) is 0.261. The highest BCUT2D eigenvalue weighted by Gasteiger charge is 2.07. The molecule has 1 aliphatic carbocycles. The van der Waals surface area contributed by atoms with Gasteiger partial charge in [0.15, 0.2) is 5.96 Å². The van der Waals surface area contributed by atoms with Crippen LogP contribution in [0.15, 0.2) is 4.99 Å². The molecule has 0 atom stereocenters. The molecular formula is C13H28ClN3. The summed E-state index contributed by atoms with van der Waals surface area (Å²) in [5.41, 5.74) is 10.9. The van der Waals surface area contributed by atoms with Crippen LogP contribution in [0.4, 0.5) is 0 Å². The zero-order chi connectivity index (χ0) is 11.6. The first kappa shape index (κ1) is 16.6. The molecule has 0 aromatic heterocycles. The van der Waals surface area contributed by atoms with Crippen LogP contribution in [0.2, 0.25) is 0 Å². The molecule has 0 aromatic rings. The van der Waals surface area contributed by atoms with E-state index in [-0.39, 0.29) is 18.4 Å². The first-order chi connectivity index (χ1) is 7.79. The average Bonchev–Trinajstić information content (AvgIpc) is 2.21. The Labute approximate surface area is 112 Å². The lowest BCUT2D eigenvalue weighted by molar-refractivity contribution is 0.466. The van der Waals surface area contributed by atoms with Crippen LogP contribution in [0.5, 0.6) is 0 Å². The third kappa shape index (κ3) is 9.28. The van der Waals surface area contributed by atoms with Gasteiger partial charge in [0, 0.05) is 0 Å². The lowest BCUT2D eigenvalue weighted by Gasteiger charge is -2.14. The second-order valence-corrected chi connectivity index (χ2v) is 4.97. The normalized spacial score (nSPS) is 20.5. The van der Waals surface area contributed by atoms with Crippen molar-refractivity contribution in [2.24, 2.45) is 16.5 Å². The molecule has 0 aromatic carbocycles. The van der Waals surface area contributed by atoms with Crippen LogP contribution in [-0.2, 0) is 0 Å². The molecule has 3 nitrogen and oxygen atoms in total. The van der Waals surface area contributed by atoms with Gasteiger partial charge >= 0.3 is 0 Å². The first-order valence-electron chi connectivity index (χ1n) is 6.88. The predicted octanol–water partition coefficient (Wildman–Crippen LogP) is 3.35. The molecule has 0 saturated heterocycles. The standard InChI is InChI=1S/C13H27N3.ClH/c14-13(15)16-12-10-8-6-4-2-1-3-5-7-9-11-12;/h12H,1-11H2,(H4,14,15,16);1H. The SMILES string of the molecule is Cl.NC(N)=NC1CCCCCCCCCCC1. The first-order valence-corrected chi connectivity index (χ1v) is 6.88. The van der Waals surface area contributed by atoms with Gasteiger partial charge in [-0.1, -0.05) is 57.8 Å². The van der Waals surface area contributed by atoms with Crippen molar-refractivity contribution in [1.29, 1.82) is 0 Å². The molecule has 1 aliphatic rings. The van der Waals surface area contributed by atoms with Gasteiger partial charge in [0.1, 0.15) is 0 Å². The third-order valence-corrected chi connectivity index (χ3v) is 3.41. The van der Waals surface area contributed by atoms with Gasteiger partial charge in [0.05, 0.1) is 6.04 Å². The summed E-state index contributed by atoms with van der Waals surface area (Å²) >= 11 is 0. The summed E-state index contributed by atoms with van der Waals surface area (Å²) in [6, 6.07) is 0.379. The average molecular weight is 262 g/mol. The van der Waals surface area contributed by atoms with Gasteiger partial charge in [-0.25, -0.2) is 0 Å². The smallest absolute Gasteiger partial charge is 0.186 e. The molecular weight excluding hydrogens is 234 g/mol. The summed E-state index contributed by atoms with van der Waals surface area (Å²) in [5, 5.41) is 0. The second-order valence-electron chi connectivity index (χ2n) is 4.97. The molecule has 17 heavy (non-hydrogen) atoms. The Hall–Kier alpha value is -0.440. The Kier molecular flexibility index (Phi) is 10.4. The van der Waals surface area contributed by atoms with Crippen molar-refractivity contribution in [3.8, 4) is 0 Å². The summed E-state index contributed by atoms with van der Waals surface area (Å²) < 4.78 is 0. The van der Waals surface area contributed by atoms with Gasteiger partial charge in [-0.05, 0) is 12.8 Å². The van der Waals surface area contributed by atoms with Gasteiger partial charge in [-0.15, -0.1) is 12.4 Å². The molecule has 0 amide bonds. The Morgan fingerprint density at radius 3 is 1.41 bits per heavy atom. The molecule has 0 bridgehead atoms. The van der Waals surface area contributed by atoms with Crippen molar-refractivity contribution < 1.29 is 0 Å². The lowest BCUT2D eigenvalue weighted by atomic mass is 9.98. The van der Waals surface area contributed by atoms with E-state index in [9.17, 15) is 0 Å². The molecule has 0 spiro atoms. The summed E-state index contributed by atoms with van der Waals surface area (Å²) in [4.78, 5) is 4.34. The fraction of sp³-hybridized carbons (Fsp3) is 0.923. The number of nitrogens with two attached hydrogens (primary N) is 2. The van der Waals surface area contributed by atoms with E-state index in [1.54, 1.807) is 0 Å². The minimum atomic E-state index is 0. The van der Waals surface area contributed by atoms with Gasteiger partial charge in [0.25, 0.3) is 0 Å². The van der Waals surface area contributed by atoms with Crippen LogP contribution in [0.3, 0.4) is 0 Å². The maximum absolute atomic E-state index is 5.47. The van der Waals surface area contributed by atoms with Gasteiger partial charge in [-0.2, -0.15) is 0 Å². The molecule has 1 rings (SSSR count). The minimum Gasteiger partial charge on any atom is -0.370 e. The number of guanidine groups is 1. The van der Waals surface area contributed by atoms with E-state index in [2.05, 4.69) is 4.99 Å². The largest absolute Gasteiger partial charge is 0.370 e. The van der Waals surface area contributed by atoms with Crippen LogP contribution < -0.4 is 11.5 Å². The van der Waals surface area contributed by atoms with E-state index in [4.69, 9.17) is 11.5 Å². The van der Waals surface area contributed by atoms with Crippen LogP contribution in [0.25, 0.3) is 0 Å². The number of aliphatic imine (C=N–C) groups is 1. The van der Waals surface area contributed by atoms with Crippen LogP contribution >= 0.6 is 12.4 Å². The van der Waals surface area contributed by atoms with Crippen LogP contribution in [-0.4, -0.2) is 12.0 Å². The van der Waals surface area contributed by atoms with E-state index in [1.807, 2.05) is 0 Å². The molecule has 102 valence electrons. The van der Waals surface area contributed by atoms with Crippen molar-refractivity contribution in [2.45, 2.75) is 76.7 Å². The molecule has 0 aliphatic heterocycles. The van der Waals surface area contributed by atoms with Crippen LogP contribution in [0.1, 0.15) is 70.6 Å². The van der Waals surface area contributed by atoms with Gasteiger partial charge < -0.3 is 11.5 Å². The number of hydrogen-bond donors (Lipinski definition) is 2. The fourth-order valence-corrected chi connectivity index (χ4v) is 2.48. The topological polar surface area (TPSA) is 64.4 Å². The minimum absolute atomic E-state index is 0. The van der Waals surface area contributed by atoms with Crippen molar-refractivity contribution in [3.63, 3.8) is 0 Å². The highest BCUT2D eigenvalue weighted by atomic mass is 35.5. The fourth-order valence-electron chi connectivity index (χ4n) is 2.48. The Morgan fingerprint density at radius 2 is 1.06 bits per heavy atom. The summed E-state index contributed by atoms with van der Waals surface area (Å²) in [6.07, 6.45) is 14.6. The number of halogens is 1. The lowest BCUT2D eigenvalue weighted by Crippen LogP contribution is -2.25. The highest BCUT2D eigenvalue weighted by Crippen LogP contribution is 2.18. The molecule has 4 heteroatoms. The van der Waals surface area contributed by atoms with E-state index >= 15 is 0 Å². The van der Waals surface area contributed by atoms with Gasteiger partial charge in [-0.3, -0.25) is 4.99 Å². The monoisotopic (exact) mass is 261 g/mol. The predicted molar refractivity (Wildman–Crippen MR) is 77.6 cm³/mol. The van der Waals surface area contributed by atoms with E-state index in [0.717, 1.165) is 12.8 Å². The molecule has 0 radical (unpaired) electrons. The van der Waals surface area contributed by atoms with E-state index in [0.29, 0.717) is 6.04 Å². The highest BCUT2D eigenvalue weighted by molar-refractivity contribution is 5.85. The quantitative estimate of drug-likeness (QED) is 0.562. The van der Waals surface area contributed by atoms with Crippen LogP contribution in [0, 0.1) is 0 Å². The zero-order valence-corrected chi connectivity index (χ0v) is 11.7. The van der Waals surface area contributed by atoms with E-state index in [1.165, 1.54) is 57.8 Å². The number of nitrogens with zero attached hydrogens (tertiary/aromatic N) is 1. The summed E-state index contributed by atoms with van der Waals surface area (Å²) in [6.45, 7) is 0. The van der Waals surface area contributed by atoms with Crippen molar-refractivity contribution >= 4 is 18.4 Å². The Bertz CT molecular complexity index is 191. The molecule has 0 unspecified atom stereocenters. The number of rotatable bonds is 1. The van der Waals surface area contributed by atoms with Crippen molar-refractivity contribution in [1.82, 2.24) is 0 Å². The van der Waals surface area contributed by atoms with E-state index < -0.39 is 0 Å². The Balaban J connectivity index is 0.00000256. The molecule has 0 heterocycles. The third-order valence-electron chi connectivity index (χ3n) is 3.41. The van der Waals surface area contributed by atoms with Crippen molar-refractivity contribution in [3.05, 3.63) is 0 Å². The van der Waals surface area contributed by atoms with Crippen molar-refractivity contribution in [2.75, 3.05) is 0 Å². The summed E-state index contributed by atoms with van der Waals surface area (Å²) in [7, 11) is 0. The maximum atomic E-state index is 5.47. The molecule has 1 saturated carbocycles. The second kappa shape index (κ2) is 10.7.